The first-order valence-corrected chi connectivity index (χ1v) is 34.9. The standard InChI is InChI=1S/C65H128N16O13/c1-9-43(6)25-11-10-24-38-94-65(93)52(31-17-23-37-71)78-64(92)55(45(8)83)81-61(89)51(30-16-22-36-70)75-58(86)49(28-14-20-34-68)77-63(91)54(44(7)82)80-60(88)50(29-15-21-35-69)74-57(85)48(27-13-19-33-67)76-62(90)53(40-42(4)5)79-59(87)47(26-12-18-32-66)73-56(84)46(72)39-41(2)3/h41-55,82-83H,9-40,66-72H2,1-8H3,(H,73,84)(H,74,85)(H,75,86)(H,76,90)(H,77,91)(H,78,92)(H,79,87)(H,80,88)(H,81,89)/t43?,44-,45-,46+,47-,48-,49+,50+,51+,52+,53+,54+,55+/m1/s1. The van der Waals surface area contributed by atoms with Crippen molar-refractivity contribution < 1.29 is 62.9 Å². The molecule has 0 bridgehead atoms. The Morgan fingerprint density at radius 3 is 0.926 bits per heavy atom. The number of nitrogens with two attached hydrogens (primary N) is 7. The van der Waals surface area contributed by atoms with Gasteiger partial charge in [0.2, 0.25) is 53.2 Å². The van der Waals surface area contributed by atoms with Crippen LogP contribution in [0.15, 0.2) is 0 Å². The third kappa shape index (κ3) is 38.8. The lowest BCUT2D eigenvalue weighted by Crippen LogP contribution is -2.62. The van der Waals surface area contributed by atoms with E-state index in [9.17, 15) is 58.2 Å². The molecule has 546 valence electrons. The van der Waals surface area contributed by atoms with Crippen molar-refractivity contribution in [1.82, 2.24) is 47.9 Å². The van der Waals surface area contributed by atoms with E-state index in [4.69, 9.17) is 44.9 Å². The van der Waals surface area contributed by atoms with Gasteiger partial charge in [-0.05, 0) is 206 Å². The van der Waals surface area contributed by atoms with Crippen LogP contribution in [0.5, 0.6) is 0 Å². The highest BCUT2D eigenvalue weighted by Gasteiger charge is 2.38. The highest BCUT2D eigenvalue weighted by molar-refractivity contribution is 5.98. The molecule has 0 aromatic rings. The predicted octanol–water partition coefficient (Wildman–Crippen LogP) is -0.546. The lowest BCUT2D eigenvalue weighted by atomic mass is 10.00. The van der Waals surface area contributed by atoms with E-state index in [0.29, 0.717) is 109 Å². The van der Waals surface area contributed by atoms with Gasteiger partial charge in [-0.3, -0.25) is 43.2 Å². The van der Waals surface area contributed by atoms with Crippen molar-refractivity contribution in [1.29, 1.82) is 0 Å². The Bertz CT molecular complexity index is 2180. The van der Waals surface area contributed by atoms with Gasteiger partial charge in [0, 0.05) is 0 Å². The molecule has 0 aliphatic carbocycles. The number of ether oxygens (including phenoxy) is 1. The molecular weight excluding hydrogens is 1210 g/mol. The summed E-state index contributed by atoms with van der Waals surface area (Å²) in [5.41, 5.74) is 40.9. The van der Waals surface area contributed by atoms with Crippen LogP contribution < -0.4 is 88.0 Å². The van der Waals surface area contributed by atoms with E-state index in [1.165, 1.54) is 13.8 Å². The molecule has 1 unspecified atom stereocenters. The van der Waals surface area contributed by atoms with Crippen LogP contribution in [0.1, 0.15) is 216 Å². The summed E-state index contributed by atoms with van der Waals surface area (Å²) in [5, 5.41) is 46.1. The molecular formula is C65H128N16O13. The highest BCUT2D eigenvalue weighted by atomic mass is 16.5. The van der Waals surface area contributed by atoms with Gasteiger partial charge >= 0.3 is 5.97 Å². The number of hydrogen-bond acceptors (Lipinski definition) is 20. The molecule has 0 aromatic heterocycles. The fourth-order valence-corrected chi connectivity index (χ4v) is 10.3. The Balaban J connectivity index is 6.90. The third-order valence-electron chi connectivity index (χ3n) is 16.3. The number of nitrogens with one attached hydrogen (secondary N) is 9. The number of carbonyl (C=O) groups excluding carboxylic acids is 10. The van der Waals surface area contributed by atoms with E-state index in [1.807, 2.05) is 27.7 Å². The summed E-state index contributed by atoms with van der Waals surface area (Å²) in [7, 11) is 0. The van der Waals surface area contributed by atoms with Crippen molar-refractivity contribution in [3.05, 3.63) is 0 Å². The number of carbonyl (C=O) groups is 10. The average Bonchev–Trinajstić information content (AvgIpc) is 0.903. The number of unbranched alkanes of at least 4 members (excludes halogenated alkanes) is 8. The fraction of sp³-hybridized carbons (Fsp3) is 0.846. The van der Waals surface area contributed by atoms with Crippen LogP contribution in [-0.2, 0) is 52.7 Å². The quantitative estimate of drug-likeness (QED) is 0.0268. The first-order valence-electron chi connectivity index (χ1n) is 34.9. The molecule has 9 amide bonds. The Morgan fingerprint density at radius 1 is 0.330 bits per heavy atom. The van der Waals surface area contributed by atoms with Crippen LogP contribution in [-0.4, -0.2) is 188 Å². The normalized spacial score (nSPS) is 15.6. The Hall–Kier alpha value is -5.66. The Morgan fingerprint density at radius 2 is 0.606 bits per heavy atom. The molecule has 0 spiro atoms. The molecule has 25 N–H and O–H groups in total. The molecule has 29 heteroatoms. The van der Waals surface area contributed by atoms with Crippen LogP contribution in [0.2, 0.25) is 0 Å². The zero-order valence-electron chi connectivity index (χ0n) is 58.2. The van der Waals surface area contributed by atoms with E-state index < -0.39 is 132 Å². The fourth-order valence-electron chi connectivity index (χ4n) is 10.3. The summed E-state index contributed by atoms with van der Waals surface area (Å²) >= 11 is 0. The number of esters is 1. The van der Waals surface area contributed by atoms with Crippen molar-refractivity contribution in [2.45, 2.75) is 289 Å². The van der Waals surface area contributed by atoms with E-state index >= 15 is 0 Å². The van der Waals surface area contributed by atoms with Gasteiger partial charge in [-0.2, -0.15) is 0 Å². The summed E-state index contributed by atoms with van der Waals surface area (Å²) in [6.07, 6.45) is 7.58. The van der Waals surface area contributed by atoms with Gasteiger partial charge in [-0.15, -0.1) is 0 Å². The van der Waals surface area contributed by atoms with Crippen LogP contribution in [0.25, 0.3) is 0 Å². The van der Waals surface area contributed by atoms with Gasteiger partial charge in [0.15, 0.2) is 0 Å². The number of rotatable bonds is 56. The molecule has 0 aliphatic rings. The molecule has 13 atom stereocenters. The maximum absolute atomic E-state index is 14.4. The lowest BCUT2D eigenvalue weighted by molar-refractivity contribution is -0.149. The Labute approximate surface area is 560 Å². The SMILES string of the molecule is CCC(C)CCCCCOC(=O)[C@H](CCCCN)NC(=O)[C@@H](NC(=O)[C@H](CCCCN)NC(=O)[C@H](CCCCN)NC(=O)[C@@H](NC(=O)[C@H](CCCCN)NC(=O)[C@@H](CCCCN)NC(=O)[C@H](CC(C)C)NC(=O)[C@@H](CCCCN)NC(=O)[C@@H](N)CC(C)C)[C@@H](C)O)[C@@H](C)O. The van der Waals surface area contributed by atoms with Gasteiger partial charge in [-0.25, -0.2) is 4.79 Å². The largest absolute Gasteiger partial charge is 0.464 e. The summed E-state index contributed by atoms with van der Waals surface area (Å²) in [6.45, 7) is 16.2. The maximum atomic E-state index is 14.4. The molecule has 0 fully saturated rings. The van der Waals surface area contributed by atoms with Crippen LogP contribution >= 0.6 is 0 Å². The van der Waals surface area contributed by atoms with Crippen molar-refractivity contribution in [2.24, 2.45) is 57.9 Å². The number of amides is 9. The summed E-state index contributed by atoms with van der Waals surface area (Å²) in [4.78, 5) is 141. The smallest absolute Gasteiger partial charge is 0.328 e. The third-order valence-corrected chi connectivity index (χ3v) is 16.3. The molecule has 0 radical (unpaired) electrons. The highest BCUT2D eigenvalue weighted by Crippen LogP contribution is 2.16. The van der Waals surface area contributed by atoms with Gasteiger partial charge in [-0.1, -0.05) is 67.2 Å². The second-order valence-corrected chi connectivity index (χ2v) is 26.0. The minimum Gasteiger partial charge on any atom is -0.464 e. The monoisotopic (exact) mass is 1340 g/mol. The Kier molecular flexibility index (Phi) is 49.4. The number of hydrogen-bond donors (Lipinski definition) is 18. The predicted molar refractivity (Wildman–Crippen MR) is 364 cm³/mol. The molecule has 0 saturated heterocycles. The second kappa shape index (κ2) is 52.5. The van der Waals surface area contributed by atoms with Crippen molar-refractivity contribution >= 4 is 59.1 Å². The summed E-state index contributed by atoms with van der Waals surface area (Å²) in [5.74, 6) is -7.28. The van der Waals surface area contributed by atoms with Gasteiger partial charge in [0.05, 0.1) is 24.9 Å². The minimum atomic E-state index is -1.73. The molecule has 94 heavy (non-hydrogen) atoms. The number of aliphatic hydroxyl groups excluding tert-OH is 2. The van der Waals surface area contributed by atoms with Crippen molar-refractivity contribution in [3.8, 4) is 0 Å². The first kappa shape index (κ1) is 88.3. The summed E-state index contributed by atoms with van der Waals surface area (Å²) < 4.78 is 5.57. The minimum absolute atomic E-state index is 0.0000481. The average molecular weight is 1340 g/mol. The molecule has 0 aromatic carbocycles. The van der Waals surface area contributed by atoms with Gasteiger partial charge < -0.3 is 103 Å². The molecule has 29 nitrogen and oxygen atoms in total. The topological polar surface area (TPSA) is 511 Å². The molecule has 0 saturated carbocycles. The van der Waals surface area contributed by atoms with Gasteiger partial charge in [0.25, 0.3) is 0 Å². The van der Waals surface area contributed by atoms with E-state index in [-0.39, 0.29) is 89.6 Å². The first-order chi connectivity index (χ1) is 44.7. The maximum Gasteiger partial charge on any atom is 0.328 e. The lowest BCUT2D eigenvalue weighted by Gasteiger charge is -2.29. The second-order valence-electron chi connectivity index (χ2n) is 26.0. The van der Waals surface area contributed by atoms with E-state index in [1.54, 1.807) is 0 Å². The molecule has 0 heterocycles. The van der Waals surface area contributed by atoms with E-state index in [2.05, 4.69) is 61.7 Å². The zero-order valence-corrected chi connectivity index (χ0v) is 58.2. The number of aliphatic hydroxyl groups is 2. The molecule has 0 rings (SSSR count). The van der Waals surface area contributed by atoms with Gasteiger partial charge in [0.1, 0.15) is 54.4 Å². The summed E-state index contributed by atoms with van der Waals surface area (Å²) in [6, 6.07) is -13.0. The van der Waals surface area contributed by atoms with Crippen LogP contribution in [0, 0.1) is 17.8 Å². The van der Waals surface area contributed by atoms with Crippen LogP contribution in [0.4, 0.5) is 0 Å². The van der Waals surface area contributed by atoms with Crippen LogP contribution in [0.3, 0.4) is 0 Å². The zero-order chi connectivity index (χ0) is 71.1. The molecule has 0 aliphatic heterocycles. The van der Waals surface area contributed by atoms with Crippen molar-refractivity contribution in [2.75, 3.05) is 45.9 Å². The van der Waals surface area contributed by atoms with Crippen molar-refractivity contribution in [3.63, 3.8) is 0 Å². The van der Waals surface area contributed by atoms with E-state index in [0.717, 1.165) is 25.7 Å².